The minimum atomic E-state index is -0.311. The zero-order chi connectivity index (χ0) is 22.7. The first-order valence-electron chi connectivity index (χ1n) is 9.92. The molecule has 32 heavy (non-hydrogen) atoms. The third-order valence-corrected chi connectivity index (χ3v) is 5.76. The van der Waals surface area contributed by atoms with Gasteiger partial charge in [-0.25, -0.2) is 4.39 Å². The first kappa shape index (κ1) is 21.5. The van der Waals surface area contributed by atoms with Crippen LogP contribution >= 0.6 is 11.8 Å². The molecule has 0 saturated carbocycles. The van der Waals surface area contributed by atoms with Crippen LogP contribution in [0.1, 0.15) is 21.5 Å². The summed E-state index contributed by atoms with van der Waals surface area (Å²) >= 11 is 1.32. The largest absolute Gasteiger partial charge is 0.322 e. The van der Waals surface area contributed by atoms with Crippen LogP contribution in [0.2, 0.25) is 0 Å². The van der Waals surface area contributed by atoms with E-state index in [1.54, 1.807) is 42.5 Å². The fourth-order valence-electron chi connectivity index (χ4n) is 3.08. The second-order valence-corrected chi connectivity index (χ2v) is 8.39. The molecule has 160 valence electrons. The van der Waals surface area contributed by atoms with Gasteiger partial charge in [-0.05, 0) is 85.6 Å². The van der Waals surface area contributed by atoms with Gasteiger partial charge in [0.1, 0.15) is 10.8 Å². The molecule has 0 saturated heterocycles. The second kappa shape index (κ2) is 9.20. The predicted molar refractivity (Wildman–Crippen MR) is 124 cm³/mol. The summed E-state index contributed by atoms with van der Waals surface area (Å²) in [6.45, 7) is 3.91. The Hall–Kier alpha value is -3.71. The summed E-state index contributed by atoms with van der Waals surface area (Å²) in [5.41, 5.74) is 3.53. The number of hydrogen-bond donors (Lipinski definition) is 1. The monoisotopic (exact) mass is 445 g/mol. The van der Waals surface area contributed by atoms with Crippen LogP contribution in [0.5, 0.6) is 0 Å². The van der Waals surface area contributed by atoms with Gasteiger partial charge in [-0.2, -0.15) is 9.78 Å². The van der Waals surface area contributed by atoms with Crippen LogP contribution in [0.4, 0.5) is 10.1 Å². The topological polar surface area (TPSA) is 64.0 Å². The Morgan fingerprint density at radius 1 is 0.938 bits per heavy atom. The Kier molecular flexibility index (Phi) is 6.18. The molecule has 4 aromatic rings. The van der Waals surface area contributed by atoms with Gasteiger partial charge in [0.25, 0.3) is 11.5 Å². The van der Waals surface area contributed by atoms with Crippen LogP contribution in [0, 0.1) is 19.7 Å². The molecule has 4 rings (SSSR count). The molecule has 7 heteroatoms. The van der Waals surface area contributed by atoms with Gasteiger partial charge in [-0.15, -0.1) is 0 Å². The quantitative estimate of drug-likeness (QED) is 0.447. The van der Waals surface area contributed by atoms with E-state index in [9.17, 15) is 14.0 Å². The van der Waals surface area contributed by atoms with Crippen LogP contribution in [0.3, 0.4) is 0 Å². The minimum absolute atomic E-state index is 0.230. The second-order valence-electron chi connectivity index (χ2n) is 7.30. The van der Waals surface area contributed by atoms with E-state index in [2.05, 4.69) is 10.4 Å². The summed E-state index contributed by atoms with van der Waals surface area (Å²) in [7, 11) is 0. The number of nitrogens with one attached hydrogen (secondary N) is 1. The molecule has 0 radical (unpaired) electrons. The van der Waals surface area contributed by atoms with E-state index in [0.717, 1.165) is 21.7 Å². The summed E-state index contributed by atoms with van der Waals surface area (Å²) in [4.78, 5) is 25.8. The number of halogens is 1. The predicted octanol–water partition coefficient (Wildman–Crippen LogP) is 5.39. The molecule has 1 N–H and O–H groups in total. The first-order valence-corrected chi connectivity index (χ1v) is 10.7. The molecule has 0 spiro atoms. The Morgan fingerprint density at radius 2 is 1.66 bits per heavy atom. The number of carbonyl (C=O) groups excluding carboxylic acids is 1. The van der Waals surface area contributed by atoms with Crippen molar-refractivity contribution in [3.8, 4) is 5.69 Å². The van der Waals surface area contributed by atoms with Crippen LogP contribution in [-0.2, 0) is 0 Å². The smallest absolute Gasteiger partial charge is 0.271 e. The first-order chi connectivity index (χ1) is 15.4. The summed E-state index contributed by atoms with van der Waals surface area (Å²) < 4.78 is 14.4. The van der Waals surface area contributed by atoms with Gasteiger partial charge in [0.2, 0.25) is 0 Å². The molecular weight excluding hydrogens is 425 g/mol. The van der Waals surface area contributed by atoms with E-state index in [1.807, 2.05) is 32.0 Å². The van der Waals surface area contributed by atoms with Crippen molar-refractivity contribution < 1.29 is 9.18 Å². The number of nitrogens with zero attached hydrogens (tertiary/aromatic N) is 2. The van der Waals surface area contributed by atoms with E-state index >= 15 is 0 Å². The van der Waals surface area contributed by atoms with Crippen molar-refractivity contribution in [1.29, 1.82) is 0 Å². The van der Waals surface area contributed by atoms with Crippen molar-refractivity contribution in [3.05, 3.63) is 112 Å². The lowest BCUT2D eigenvalue weighted by atomic mass is 10.1. The molecule has 0 aliphatic carbocycles. The summed E-state index contributed by atoms with van der Waals surface area (Å²) in [6, 6.07) is 21.7. The average molecular weight is 446 g/mol. The molecule has 3 aromatic carbocycles. The summed E-state index contributed by atoms with van der Waals surface area (Å²) in [5, 5.41) is 7.91. The maximum absolute atomic E-state index is 13.1. The number of hydrogen-bond acceptors (Lipinski definition) is 4. The van der Waals surface area contributed by atoms with Crippen LogP contribution in [0.25, 0.3) is 5.69 Å². The summed E-state index contributed by atoms with van der Waals surface area (Å²) in [6.07, 6.45) is 0. The van der Waals surface area contributed by atoms with Gasteiger partial charge in [0.15, 0.2) is 0 Å². The van der Waals surface area contributed by atoms with Gasteiger partial charge in [0, 0.05) is 22.2 Å². The summed E-state index contributed by atoms with van der Waals surface area (Å²) in [5.74, 6) is -0.542. The molecule has 0 fully saturated rings. The van der Waals surface area contributed by atoms with Gasteiger partial charge >= 0.3 is 0 Å². The SMILES string of the molecule is Cc1ccc(C)c(NC(=O)c2ccc(-n3nc(Sc4ccc(F)cc4)ccc3=O)cc2)c1. The van der Waals surface area contributed by atoms with Crippen LogP contribution in [0.15, 0.2) is 93.6 Å². The highest BCUT2D eigenvalue weighted by molar-refractivity contribution is 7.99. The number of carbonyl (C=O) groups is 1. The fourth-order valence-corrected chi connectivity index (χ4v) is 3.85. The van der Waals surface area contributed by atoms with E-state index in [1.165, 1.54) is 34.6 Å². The highest BCUT2D eigenvalue weighted by Crippen LogP contribution is 2.25. The van der Waals surface area contributed by atoms with Crippen LogP contribution < -0.4 is 10.9 Å². The van der Waals surface area contributed by atoms with Gasteiger partial charge in [0.05, 0.1) is 5.69 Å². The van der Waals surface area contributed by atoms with Gasteiger partial charge in [-0.1, -0.05) is 23.9 Å². The maximum Gasteiger partial charge on any atom is 0.271 e. The highest BCUT2D eigenvalue weighted by atomic mass is 32.2. The zero-order valence-electron chi connectivity index (χ0n) is 17.5. The molecule has 0 bridgehead atoms. The van der Waals surface area contributed by atoms with Crippen molar-refractivity contribution >= 4 is 23.4 Å². The van der Waals surface area contributed by atoms with Crippen molar-refractivity contribution in [1.82, 2.24) is 9.78 Å². The van der Waals surface area contributed by atoms with Crippen molar-refractivity contribution in [2.75, 3.05) is 5.32 Å². The van der Waals surface area contributed by atoms with Crippen molar-refractivity contribution in [2.24, 2.45) is 0 Å². The molecule has 0 unspecified atom stereocenters. The molecule has 1 aromatic heterocycles. The normalized spacial score (nSPS) is 10.7. The van der Waals surface area contributed by atoms with E-state index < -0.39 is 0 Å². The lowest BCUT2D eigenvalue weighted by molar-refractivity contribution is 0.102. The Bertz CT molecular complexity index is 1330. The molecule has 1 amide bonds. The Labute approximate surface area is 188 Å². The Morgan fingerprint density at radius 3 is 2.38 bits per heavy atom. The number of anilines is 1. The Balaban J connectivity index is 1.54. The van der Waals surface area contributed by atoms with E-state index in [-0.39, 0.29) is 17.3 Å². The number of aromatic nitrogens is 2. The van der Waals surface area contributed by atoms with E-state index in [4.69, 9.17) is 0 Å². The third-order valence-electron chi connectivity index (χ3n) is 4.83. The van der Waals surface area contributed by atoms with Crippen molar-refractivity contribution in [3.63, 3.8) is 0 Å². The third kappa shape index (κ3) is 4.95. The van der Waals surface area contributed by atoms with E-state index in [0.29, 0.717) is 16.3 Å². The number of benzene rings is 3. The van der Waals surface area contributed by atoms with Crippen molar-refractivity contribution in [2.45, 2.75) is 23.8 Å². The lowest BCUT2D eigenvalue weighted by Crippen LogP contribution is -2.20. The average Bonchev–Trinajstić information content (AvgIpc) is 2.79. The fraction of sp³-hybridized carbons (Fsp3) is 0.0800. The van der Waals surface area contributed by atoms with Crippen LogP contribution in [-0.4, -0.2) is 15.7 Å². The molecule has 5 nitrogen and oxygen atoms in total. The number of amides is 1. The minimum Gasteiger partial charge on any atom is -0.322 e. The number of rotatable bonds is 5. The molecule has 0 atom stereocenters. The van der Waals surface area contributed by atoms with Gasteiger partial charge in [-0.3, -0.25) is 9.59 Å². The van der Waals surface area contributed by atoms with Gasteiger partial charge < -0.3 is 5.32 Å². The standard InChI is InChI=1S/C25H20FN3O2S/c1-16-3-4-17(2)22(15-16)27-25(31)18-5-9-20(10-6-18)29-24(30)14-13-23(28-29)32-21-11-7-19(26)8-12-21/h3-15H,1-2H3,(H,27,31). The lowest BCUT2D eigenvalue weighted by Gasteiger charge is -2.10. The molecular formula is C25H20FN3O2S. The molecule has 1 heterocycles. The molecule has 0 aliphatic rings. The zero-order valence-corrected chi connectivity index (χ0v) is 18.3. The molecule has 0 aliphatic heterocycles. The highest BCUT2D eigenvalue weighted by Gasteiger charge is 2.10. The maximum atomic E-state index is 13.1. The number of aryl methyl sites for hydroxylation is 2.